The number of fused-ring (bicyclic) bond motifs is 8. The molecule has 0 saturated heterocycles. The summed E-state index contributed by atoms with van der Waals surface area (Å²) in [6.07, 6.45) is 6.93. The van der Waals surface area contributed by atoms with Gasteiger partial charge in [-0.05, 0) is 153 Å². The van der Waals surface area contributed by atoms with Crippen molar-refractivity contribution in [1.29, 1.82) is 0 Å². The van der Waals surface area contributed by atoms with E-state index in [9.17, 15) is 9.90 Å². The Labute approximate surface area is 328 Å². The van der Waals surface area contributed by atoms with Crippen LogP contribution in [0.3, 0.4) is 0 Å². The first-order valence-electron chi connectivity index (χ1n) is 19.1. The molecule has 280 valence electrons. The van der Waals surface area contributed by atoms with Crippen LogP contribution < -0.4 is 4.90 Å². The van der Waals surface area contributed by atoms with Crippen LogP contribution in [-0.2, 0) is 5.41 Å². The van der Waals surface area contributed by atoms with Gasteiger partial charge in [0.25, 0.3) is 0 Å². The Balaban J connectivity index is 1.54. The molecule has 6 aromatic rings. The molecule has 8 bridgehead atoms. The van der Waals surface area contributed by atoms with Crippen LogP contribution in [0.1, 0.15) is 82.5 Å². The predicted molar refractivity (Wildman–Crippen MR) is 233 cm³/mol. The van der Waals surface area contributed by atoms with Crippen molar-refractivity contribution in [3.05, 3.63) is 141 Å². The van der Waals surface area contributed by atoms with E-state index in [2.05, 4.69) is 121 Å². The molecule has 7 nitrogen and oxygen atoms in total. The Bertz CT molecular complexity index is 2720. The van der Waals surface area contributed by atoms with E-state index in [1.807, 2.05) is 54.6 Å². The van der Waals surface area contributed by atoms with Crippen molar-refractivity contribution in [3.8, 4) is 22.3 Å². The van der Waals surface area contributed by atoms with E-state index in [1.54, 1.807) is 0 Å². The largest absolute Gasteiger partial charge is 0.464 e. The lowest BCUT2D eigenvalue weighted by molar-refractivity contribution is 0.205. The normalized spacial score (nSPS) is 12.4. The quantitative estimate of drug-likeness (QED) is 0.167. The van der Waals surface area contributed by atoms with Crippen LogP contribution in [0.25, 0.3) is 68.6 Å². The maximum absolute atomic E-state index is 13.6. The van der Waals surface area contributed by atoms with E-state index in [0.717, 1.165) is 83.7 Å². The maximum atomic E-state index is 13.6. The van der Waals surface area contributed by atoms with Crippen LogP contribution in [0.5, 0.6) is 0 Å². The lowest BCUT2D eigenvalue weighted by Gasteiger charge is -2.23. The van der Waals surface area contributed by atoms with E-state index in [0.29, 0.717) is 22.6 Å². The van der Waals surface area contributed by atoms with E-state index in [1.165, 1.54) is 16.0 Å². The third-order valence-corrected chi connectivity index (χ3v) is 10.8. The second-order valence-corrected chi connectivity index (χ2v) is 16.3. The summed E-state index contributed by atoms with van der Waals surface area (Å²) in [5.41, 5.74) is 19.1. The Hall–Kier alpha value is -6.47. The first-order valence-corrected chi connectivity index (χ1v) is 19.1. The zero-order valence-corrected chi connectivity index (χ0v) is 33.5. The highest BCUT2D eigenvalue weighted by molar-refractivity contribution is 6.05. The minimum Gasteiger partial charge on any atom is -0.464 e. The van der Waals surface area contributed by atoms with Crippen molar-refractivity contribution >= 4 is 63.8 Å². The second kappa shape index (κ2) is 13.7. The molecule has 0 unspecified atom stereocenters. The topological polar surface area (TPSA) is 97.9 Å². The minimum absolute atomic E-state index is 0.0979. The van der Waals surface area contributed by atoms with Gasteiger partial charge < -0.3 is 15.1 Å². The molecule has 2 aliphatic rings. The fourth-order valence-electron chi connectivity index (χ4n) is 8.48. The third kappa shape index (κ3) is 6.53. The summed E-state index contributed by atoms with van der Waals surface area (Å²) < 4.78 is 0. The number of hydrogen-bond donors (Lipinski definition) is 3. The number of aromatic amines is 2. The summed E-state index contributed by atoms with van der Waals surface area (Å²) in [7, 11) is 0. The van der Waals surface area contributed by atoms with E-state index in [4.69, 9.17) is 9.97 Å². The van der Waals surface area contributed by atoms with Gasteiger partial charge in [0.1, 0.15) is 5.69 Å². The number of aryl methyl sites for hydroxylation is 6. The molecule has 8 rings (SSSR count). The molecular formula is C49H47N5O2. The van der Waals surface area contributed by atoms with Crippen LogP contribution in [0.4, 0.5) is 16.2 Å². The highest BCUT2D eigenvalue weighted by Crippen LogP contribution is 2.41. The third-order valence-electron chi connectivity index (χ3n) is 10.8. The van der Waals surface area contributed by atoms with Gasteiger partial charge in [0.05, 0.1) is 34.0 Å². The number of nitrogens with zero attached hydrogens (tertiary/aromatic N) is 3. The molecule has 0 aliphatic carbocycles. The molecule has 7 heteroatoms. The number of aromatic nitrogens is 4. The fraction of sp³-hybridized carbons (Fsp3) is 0.204. The van der Waals surface area contributed by atoms with Crippen molar-refractivity contribution < 1.29 is 9.90 Å². The highest BCUT2D eigenvalue weighted by atomic mass is 16.4. The average molecular weight is 738 g/mol. The molecule has 0 fully saturated rings. The molecule has 0 saturated carbocycles. The van der Waals surface area contributed by atoms with Crippen molar-refractivity contribution in [2.24, 2.45) is 0 Å². The van der Waals surface area contributed by atoms with E-state index in [-0.39, 0.29) is 5.41 Å². The number of H-pyrrole nitrogens is 2. The minimum atomic E-state index is -1.12. The summed E-state index contributed by atoms with van der Waals surface area (Å²) >= 11 is 0. The lowest BCUT2D eigenvalue weighted by atomic mass is 9.87. The van der Waals surface area contributed by atoms with Crippen molar-refractivity contribution in [3.63, 3.8) is 0 Å². The maximum Gasteiger partial charge on any atom is 0.416 e. The van der Waals surface area contributed by atoms with Gasteiger partial charge in [0.2, 0.25) is 0 Å². The first-order chi connectivity index (χ1) is 26.7. The molecule has 3 aromatic carbocycles. The zero-order chi connectivity index (χ0) is 39.6. The number of nitrogens with one attached hydrogen (secondary N) is 2. The predicted octanol–water partition coefficient (Wildman–Crippen LogP) is 13.0. The first kappa shape index (κ1) is 36.5. The number of benzene rings is 3. The van der Waals surface area contributed by atoms with Crippen molar-refractivity contribution in [2.75, 3.05) is 4.90 Å². The SMILES string of the molecule is Cc1cc(C)c(-c2c3nc(c(N(C(=O)O)c4ccc(C(C)(C)C)cc4)c4ccc([nH]4)c(-c4c(C)cc(C)cc4C)c4nc(cc5ccc2[nH]5)C=C4)C=C3)c(C)c1. The van der Waals surface area contributed by atoms with E-state index >= 15 is 0 Å². The number of rotatable bonds is 4. The average Bonchev–Trinajstić information content (AvgIpc) is 3.95. The molecule has 3 N–H and O–H groups in total. The summed E-state index contributed by atoms with van der Waals surface area (Å²) in [5, 5.41) is 11.1. The number of carboxylic acid groups (broad SMARTS) is 1. The van der Waals surface area contributed by atoms with Crippen LogP contribution in [-0.4, -0.2) is 31.1 Å². The van der Waals surface area contributed by atoms with Gasteiger partial charge in [-0.25, -0.2) is 19.7 Å². The van der Waals surface area contributed by atoms with Crippen LogP contribution in [0.2, 0.25) is 0 Å². The number of hydrogen-bond acceptors (Lipinski definition) is 3. The van der Waals surface area contributed by atoms with Gasteiger partial charge >= 0.3 is 6.09 Å². The van der Waals surface area contributed by atoms with Gasteiger partial charge in [-0.2, -0.15) is 0 Å². The molecular weight excluding hydrogens is 691 g/mol. The van der Waals surface area contributed by atoms with Gasteiger partial charge in [0.15, 0.2) is 0 Å². The van der Waals surface area contributed by atoms with Gasteiger partial charge in [-0.1, -0.05) is 68.3 Å². The van der Waals surface area contributed by atoms with E-state index < -0.39 is 6.09 Å². The Kier molecular flexibility index (Phi) is 8.92. The lowest BCUT2D eigenvalue weighted by Crippen LogP contribution is -2.25. The van der Waals surface area contributed by atoms with Crippen LogP contribution in [0, 0.1) is 41.5 Å². The number of anilines is 2. The molecule has 0 radical (unpaired) electrons. The van der Waals surface area contributed by atoms with Crippen LogP contribution >= 0.6 is 0 Å². The summed E-state index contributed by atoms with van der Waals surface area (Å²) in [6, 6.07) is 26.8. The molecule has 0 atom stereocenters. The zero-order valence-electron chi connectivity index (χ0n) is 33.5. The second-order valence-electron chi connectivity index (χ2n) is 16.3. The molecule has 5 heterocycles. The molecule has 0 spiro atoms. The van der Waals surface area contributed by atoms with Crippen molar-refractivity contribution in [1.82, 2.24) is 19.9 Å². The summed E-state index contributed by atoms with van der Waals surface area (Å²) in [6.45, 7) is 19.2. The van der Waals surface area contributed by atoms with Gasteiger partial charge in [-0.15, -0.1) is 0 Å². The Morgan fingerprint density at radius 3 is 1.64 bits per heavy atom. The molecule has 2 aliphatic heterocycles. The van der Waals surface area contributed by atoms with Crippen molar-refractivity contribution in [2.45, 2.75) is 67.7 Å². The number of amides is 1. The fourth-order valence-corrected chi connectivity index (χ4v) is 8.48. The Morgan fingerprint density at radius 1 is 0.571 bits per heavy atom. The van der Waals surface area contributed by atoms with Gasteiger partial charge in [0, 0.05) is 27.7 Å². The molecule has 56 heavy (non-hydrogen) atoms. The Morgan fingerprint density at radius 2 is 1.07 bits per heavy atom. The summed E-state index contributed by atoms with van der Waals surface area (Å²) in [5.74, 6) is 0. The standard InChI is InChI=1S/C49H47N5O2/c1-27-22-29(3)43(30(4)23-27)45-37-16-12-34(50-37)26-35-13-17-38(51-35)46(44-31(5)24-28(2)25-32(44)6)40-19-21-42(53-40)47(41-20-18-39(45)52-41)54(48(55)56)36-14-10-33(11-15-36)49(7,8)9/h10-26,50,53H,1-9H3,(H,55,56). The highest BCUT2D eigenvalue weighted by Gasteiger charge is 2.26. The molecule has 1 amide bonds. The summed E-state index contributed by atoms with van der Waals surface area (Å²) in [4.78, 5) is 32.8. The molecule has 3 aromatic heterocycles. The number of carbonyl (C=O) groups is 1. The van der Waals surface area contributed by atoms with Crippen LogP contribution in [0.15, 0.2) is 78.9 Å². The monoisotopic (exact) mass is 737 g/mol. The van der Waals surface area contributed by atoms with Gasteiger partial charge in [-0.3, -0.25) is 0 Å². The smallest absolute Gasteiger partial charge is 0.416 e.